The SMILES string of the molecule is Nc1nc([C@H]2CCCN2C(=O)C2CCC2)cs1. The number of likely N-dealkylation sites (tertiary alicyclic amines) is 1. The molecule has 1 aliphatic carbocycles. The van der Waals surface area contributed by atoms with Crippen molar-refractivity contribution >= 4 is 22.4 Å². The number of nitrogen functional groups attached to an aromatic ring is 1. The van der Waals surface area contributed by atoms with Crippen molar-refractivity contribution in [2.75, 3.05) is 12.3 Å². The average Bonchev–Trinajstić information content (AvgIpc) is 2.81. The molecule has 92 valence electrons. The summed E-state index contributed by atoms with van der Waals surface area (Å²) in [7, 11) is 0. The van der Waals surface area contributed by atoms with Crippen molar-refractivity contribution in [3.05, 3.63) is 11.1 Å². The lowest BCUT2D eigenvalue weighted by atomic mass is 9.84. The molecular formula is C12H17N3OS. The number of anilines is 1. The third kappa shape index (κ3) is 1.92. The molecule has 5 heteroatoms. The van der Waals surface area contributed by atoms with E-state index < -0.39 is 0 Å². The van der Waals surface area contributed by atoms with Gasteiger partial charge >= 0.3 is 0 Å². The normalized spacial score (nSPS) is 24.9. The monoisotopic (exact) mass is 251 g/mol. The van der Waals surface area contributed by atoms with Crippen LogP contribution in [0, 0.1) is 5.92 Å². The number of nitrogens with two attached hydrogens (primary N) is 1. The maximum Gasteiger partial charge on any atom is 0.226 e. The summed E-state index contributed by atoms with van der Waals surface area (Å²) in [4.78, 5) is 18.6. The van der Waals surface area contributed by atoms with Gasteiger partial charge in [-0.3, -0.25) is 4.79 Å². The molecule has 2 heterocycles. The van der Waals surface area contributed by atoms with Crippen LogP contribution >= 0.6 is 11.3 Å². The fourth-order valence-electron chi connectivity index (χ4n) is 2.68. The van der Waals surface area contributed by atoms with Gasteiger partial charge in [0.2, 0.25) is 5.91 Å². The lowest BCUT2D eigenvalue weighted by molar-refractivity contribution is -0.139. The zero-order chi connectivity index (χ0) is 11.8. The van der Waals surface area contributed by atoms with Gasteiger partial charge in [-0.1, -0.05) is 6.42 Å². The van der Waals surface area contributed by atoms with Crippen LogP contribution < -0.4 is 5.73 Å². The zero-order valence-corrected chi connectivity index (χ0v) is 10.6. The molecule has 4 nitrogen and oxygen atoms in total. The van der Waals surface area contributed by atoms with Gasteiger partial charge in [-0.05, 0) is 25.7 Å². The molecule has 1 saturated heterocycles. The molecule has 0 aromatic carbocycles. The molecule has 17 heavy (non-hydrogen) atoms. The highest BCUT2D eigenvalue weighted by atomic mass is 32.1. The minimum atomic E-state index is 0.177. The Balaban J connectivity index is 1.77. The van der Waals surface area contributed by atoms with E-state index in [9.17, 15) is 4.79 Å². The van der Waals surface area contributed by atoms with E-state index in [2.05, 4.69) is 4.98 Å². The molecule has 2 N–H and O–H groups in total. The van der Waals surface area contributed by atoms with Crippen molar-refractivity contribution in [1.29, 1.82) is 0 Å². The summed E-state index contributed by atoms with van der Waals surface area (Å²) in [6.45, 7) is 0.886. The Morgan fingerprint density at radius 2 is 2.24 bits per heavy atom. The van der Waals surface area contributed by atoms with Gasteiger partial charge in [0.05, 0.1) is 11.7 Å². The van der Waals surface area contributed by atoms with Crippen molar-refractivity contribution in [3.8, 4) is 0 Å². The Bertz CT molecular complexity index is 427. The van der Waals surface area contributed by atoms with Crippen molar-refractivity contribution in [1.82, 2.24) is 9.88 Å². The first-order chi connectivity index (χ1) is 8.25. The van der Waals surface area contributed by atoms with Crippen molar-refractivity contribution in [2.45, 2.75) is 38.1 Å². The average molecular weight is 251 g/mol. The van der Waals surface area contributed by atoms with Crippen molar-refractivity contribution in [3.63, 3.8) is 0 Å². The van der Waals surface area contributed by atoms with Crippen LogP contribution in [-0.2, 0) is 4.79 Å². The number of rotatable bonds is 2. The molecule has 2 fully saturated rings. The molecule has 0 bridgehead atoms. The van der Waals surface area contributed by atoms with Crippen LogP contribution in [0.25, 0.3) is 0 Å². The van der Waals surface area contributed by atoms with Crippen LogP contribution in [0.3, 0.4) is 0 Å². The maximum absolute atomic E-state index is 12.3. The van der Waals surface area contributed by atoms with E-state index in [-0.39, 0.29) is 12.0 Å². The first kappa shape index (κ1) is 11.0. The number of hydrogen-bond acceptors (Lipinski definition) is 4. The summed E-state index contributed by atoms with van der Waals surface area (Å²) < 4.78 is 0. The third-order valence-electron chi connectivity index (χ3n) is 3.87. The summed E-state index contributed by atoms with van der Waals surface area (Å²) in [5.41, 5.74) is 6.65. The minimum absolute atomic E-state index is 0.177. The largest absolute Gasteiger partial charge is 0.375 e. The molecule has 0 radical (unpaired) electrons. The number of amides is 1. The highest BCUT2D eigenvalue weighted by molar-refractivity contribution is 7.13. The first-order valence-electron chi connectivity index (χ1n) is 6.27. The summed E-state index contributed by atoms with van der Waals surface area (Å²) in [6, 6.07) is 0.177. The zero-order valence-electron chi connectivity index (χ0n) is 9.76. The number of carbonyl (C=O) groups excluding carboxylic acids is 1. The number of thiazole rings is 1. The van der Waals surface area contributed by atoms with E-state index in [1.54, 1.807) is 0 Å². The van der Waals surface area contributed by atoms with Gasteiger partial charge in [-0.15, -0.1) is 11.3 Å². The van der Waals surface area contributed by atoms with Crippen LogP contribution in [-0.4, -0.2) is 22.3 Å². The highest BCUT2D eigenvalue weighted by Gasteiger charge is 2.36. The molecule has 1 aromatic heterocycles. The van der Waals surface area contributed by atoms with Gasteiger partial charge in [0.15, 0.2) is 5.13 Å². The summed E-state index contributed by atoms with van der Waals surface area (Å²) in [5, 5.41) is 2.59. The predicted octanol–water partition coefficient (Wildman–Crippen LogP) is 2.19. The quantitative estimate of drug-likeness (QED) is 0.876. The van der Waals surface area contributed by atoms with Crippen molar-refractivity contribution in [2.24, 2.45) is 5.92 Å². The topological polar surface area (TPSA) is 59.2 Å². The Morgan fingerprint density at radius 1 is 1.41 bits per heavy atom. The maximum atomic E-state index is 12.3. The molecule has 1 amide bonds. The molecule has 3 rings (SSSR count). The Morgan fingerprint density at radius 3 is 2.82 bits per heavy atom. The van der Waals surface area contributed by atoms with E-state index in [1.807, 2.05) is 10.3 Å². The van der Waals surface area contributed by atoms with Crippen LogP contribution in [0.15, 0.2) is 5.38 Å². The van der Waals surface area contributed by atoms with Crippen LogP contribution in [0.4, 0.5) is 5.13 Å². The molecule has 1 aliphatic heterocycles. The molecule has 1 atom stereocenters. The Kier molecular flexibility index (Phi) is 2.78. The van der Waals surface area contributed by atoms with Gasteiger partial charge in [-0.25, -0.2) is 4.98 Å². The van der Waals surface area contributed by atoms with Crippen molar-refractivity contribution < 1.29 is 4.79 Å². The van der Waals surface area contributed by atoms with Crippen LogP contribution in [0.1, 0.15) is 43.8 Å². The molecule has 0 spiro atoms. The molecular weight excluding hydrogens is 234 g/mol. The van der Waals surface area contributed by atoms with Gasteiger partial charge < -0.3 is 10.6 Å². The number of hydrogen-bond donors (Lipinski definition) is 1. The fraction of sp³-hybridized carbons (Fsp3) is 0.667. The summed E-state index contributed by atoms with van der Waals surface area (Å²) in [6.07, 6.45) is 5.46. The molecule has 1 saturated carbocycles. The van der Waals surface area contributed by atoms with E-state index in [1.165, 1.54) is 17.8 Å². The van der Waals surface area contributed by atoms with Gasteiger partial charge in [-0.2, -0.15) is 0 Å². The van der Waals surface area contributed by atoms with Crippen LogP contribution in [0.2, 0.25) is 0 Å². The first-order valence-corrected chi connectivity index (χ1v) is 7.15. The fourth-order valence-corrected chi connectivity index (χ4v) is 3.29. The van der Waals surface area contributed by atoms with E-state index >= 15 is 0 Å². The van der Waals surface area contributed by atoms with Crippen LogP contribution in [0.5, 0.6) is 0 Å². The number of aromatic nitrogens is 1. The molecule has 1 aromatic rings. The van der Waals surface area contributed by atoms with Gasteiger partial charge in [0, 0.05) is 17.8 Å². The van der Waals surface area contributed by atoms with E-state index in [0.29, 0.717) is 11.0 Å². The van der Waals surface area contributed by atoms with Gasteiger partial charge in [0.25, 0.3) is 0 Å². The van der Waals surface area contributed by atoms with E-state index in [0.717, 1.165) is 37.9 Å². The third-order valence-corrected chi connectivity index (χ3v) is 4.56. The molecule has 2 aliphatic rings. The second-order valence-electron chi connectivity index (χ2n) is 4.93. The minimum Gasteiger partial charge on any atom is -0.375 e. The number of nitrogens with zero attached hydrogens (tertiary/aromatic N) is 2. The second kappa shape index (κ2) is 4.29. The lowest BCUT2D eigenvalue weighted by Crippen LogP contribution is -2.38. The van der Waals surface area contributed by atoms with E-state index in [4.69, 9.17) is 5.73 Å². The standard InChI is InChI=1S/C12H17N3OS/c13-12-14-9(7-17-12)10-5-2-6-15(10)11(16)8-3-1-4-8/h7-8,10H,1-6H2,(H2,13,14)/t10-/m1/s1. The molecule has 0 unspecified atom stereocenters. The second-order valence-corrected chi connectivity index (χ2v) is 5.82. The summed E-state index contributed by atoms with van der Waals surface area (Å²) >= 11 is 1.46. The smallest absolute Gasteiger partial charge is 0.226 e. The lowest BCUT2D eigenvalue weighted by Gasteiger charge is -2.32. The highest BCUT2D eigenvalue weighted by Crippen LogP contribution is 2.37. The predicted molar refractivity (Wildman–Crippen MR) is 67.6 cm³/mol. The Labute approximate surface area is 105 Å². The summed E-state index contributed by atoms with van der Waals surface area (Å²) in [5.74, 6) is 0.622. The van der Waals surface area contributed by atoms with Gasteiger partial charge in [0.1, 0.15) is 0 Å². The Hall–Kier alpha value is -1.10. The number of carbonyl (C=O) groups is 1.